The summed E-state index contributed by atoms with van der Waals surface area (Å²) in [6.07, 6.45) is -0.572. The summed E-state index contributed by atoms with van der Waals surface area (Å²) in [5.41, 5.74) is 0.654. The van der Waals surface area contributed by atoms with Gasteiger partial charge in [0.2, 0.25) is 0 Å². The summed E-state index contributed by atoms with van der Waals surface area (Å²) in [6.45, 7) is 2.19. The topological polar surface area (TPSA) is 42.0 Å². The van der Waals surface area contributed by atoms with E-state index < -0.39 is 17.4 Å². The van der Waals surface area contributed by atoms with E-state index >= 15 is 0 Å². The number of fused-ring (bicyclic) bond motifs is 1. The Balaban J connectivity index is 1.81. The lowest BCUT2D eigenvalue weighted by atomic mass is 9.79. The SMILES string of the molecule is COc1ccc2c(c1OC)CCN(C)C2(C(=O)Cc1ccc(C(F)(F)F)cc1)N1CCCCC1. The smallest absolute Gasteiger partial charge is 0.416 e. The van der Waals surface area contributed by atoms with Crippen molar-refractivity contribution in [2.45, 2.75) is 43.9 Å². The Bertz CT molecular complexity index is 1030. The molecule has 184 valence electrons. The molecule has 0 radical (unpaired) electrons. The number of methoxy groups -OCH3 is 2. The molecule has 0 aliphatic carbocycles. The molecule has 0 amide bonds. The van der Waals surface area contributed by atoms with Gasteiger partial charge in [0.25, 0.3) is 0 Å². The van der Waals surface area contributed by atoms with Crippen molar-refractivity contribution in [3.8, 4) is 11.5 Å². The van der Waals surface area contributed by atoms with Crippen LogP contribution in [0.4, 0.5) is 13.2 Å². The normalized spacial score (nSPS) is 21.7. The second-order valence-corrected chi connectivity index (χ2v) is 9.01. The number of hydrogen-bond acceptors (Lipinski definition) is 5. The second-order valence-electron chi connectivity index (χ2n) is 9.01. The van der Waals surface area contributed by atoms with Crippen LogP contribution in [0.25, 0.3) is 0 Å². The minimum Gasteiger partial charge on any atom is -0.493 e. The van der Waals surface area contributed by atoms with Crippen LogP contribution in [0.3, 0.4) is 0 Å². The molecule has 2 heterocycles. The van der Waals surface area contributed by atoms with Crippen molar-refractivity contribution < 1.29 is 27.4 Å². The zero-order valence-electron chi connectivity index (χ0n) is 19.9. The molecule has 0 aromatic heterocycles. The highest BCUT2D eigenvalue weighted by Gasteiger charge is 2.52. The molecule has 8 heteroatoms. The molecule has 2 aromatic carbocycles. The molecule has 0 saturated carbocycles. The van der Waals surface area contributed by atoms with Crippen molar-refractivity contribution in [2.24, 2.45) is 0 Å². The van der Waals surface area contributed by atoms with Crippen molar-refractivity contribution in [1.82, 2.24) is 9.80 Å². The van der Waals surface area contributed by atoms with Gasteiger partial charge in [-0.2, -0.15) is 13.2 Å². The van der Waals surface area contributed by atoms with E-state index in [-0.39, 0.29) is 12.2 Å². The molecule has 1 unspecified atom stereocenters. The van der Waals surface area contributed by atoms with E-state index in [2.05, 4.69) is 9.80 Å². The molecule has 1 atom stereocenters. The summed E-state index contributed by atoms with van der Waals surface area (Å²) in [6, 6.07) is 8.68. The van der Waals surface area contributed by atoms with E-state index in [1.54, 1.807) is 14.2 Å². The summed E-state index contributed by atoms with van der Waals surface area (Å²) in [4.78, 5) is 18.6. The highest BCUT2D eigenvalue weighted by atomic mass is 19.4. The largest absolute Gasteiger partial charge is 0.493 e. The third-order valence-electron chi connectivity index (χ3n) is 7.12. The zero-order chi connectivity index (χ0) is 24.5. The maximum absolute atomic E-state index is 14.2. The van der Waals surface area contributed by atoms with E-state index in [0.29, 0.717) is 30.0 Å². The first-order valence-electron chi connectivity index (χ1n) is 11.6. The number of carbonyl (C=O) groups excluding carboxylic acids is 1. The first-order chi connectivity index (χ1) is 16.2. The molecule has 2 aromatic rings. The molecule has 1 saturated heterocycles. The first kappa shape index (κ1) is 24.5. The van der Waals surface area contributed by atoms with E-state index in [4.69, 9.17) is 9.47 Å². The van der Waals surface area contributed by atoms with E-state index in [0.717, 1.165) is 55.6 Å². The van der Waals surface area contributed by atoms with Crippen LogP contribution in [-0.4, -0.2) is 56.5 Å². The van der Waals surface area contributed by atoms with Crippen LogP contribution in [0.1, 0.15) is 41.5 Å². The van der Waals surface area contributed by atoms with Gasteiger partial charge in [-0.25, -0.2) is 0 Å². The standard InChI is InChI=1S/C26H31F3N2O3/c1-30-16-13-20-21(11-12-22(33-2)24(20)34-3)25(30,31-14-5-4-6-15-31)23(32)17-18-7-9-19(10-8-18)26(27,28)29/h7-12H,4-6,13-17H2,1-3H3. The van der Waals surface area contributed by atoms with E-state index in [1.165, 1.54) is 12.1 Å². The van der Waals surface area contributed by atoms with Gasteiger partial charge in [-0.1, -0.05) is 24.6 Å². The van der Waals surface area contributed by atoms with Gasteiger partial charge in [-0.15, -0.1) is 0 Å². The van der Waals surface area contributed by atoms with Crippen LogP contribution in [0.15, 0.2) is 36.4 Å². The fraction of sp³-hybridized carbons (Fsp3) is 0.500. The summed E-state index contributed by atoms with van der Waals surface area (Å²) in [5.74, 6) is 1.20. The molecule has 2 aliphatic rings. The number of benzene rings is 2. The lowest BCUT2D eigenvalue weighted by Gasteiger charge is -2.53. The lowest BCUT2D eigenvalue weighted by molar-refractivity contribution is -0.149. The molecular weight excluding hydrogens is 445 g/mol. The van der Waals surface area contributed by atoms with E-state index in [1.807, 2.05) is 19.2 Å². The Labute approximate surface area is 198 Å². The van der Waals surface area contributed by atoms with Crippen molar-refractivity contribution >= 4 is 5.78 Å². The summed E-state index contributed by atoms with van der Waals surface area (Å²) >= 11 is 0. The highest BCUT2D eigenvalue weighted by Crippen LogP contribution is 2.46. The molecule has 0 spiro atoms. The number of hydrogen-bond donors (Lipinski definition) is 0. The third kappa shape index (κ3) is 4.18. The number of likely N-dealkylation sites (N-methyl/N-ethyl adjacent to an activating group) is 1. The van der Waals surface area contributed by atoms with Crippen LogP contribution < -0.4 is 9.47 Å². The Kier molecular flexibility index (Phi) is 6.92. The average Bonchev–Trinajstić information content (AvgIpc) is 2.83. The molecule has 0 N–H and O–H groups in total. The Morgan fingerprint density at radius 2 is 1.65 bits per heavy atom. The maximum Gasteiger partial charge on any atom is 0.416 e. The summed E-state index contributed by atoms with van der Waals surface area (Å²) in [7, 11) is 5.15. The number of carbonyl (C=O) groups is 1. The number of likely N-dealkylation sites (tertiary alicyclic amines) is 1. The second kappa shape index (κ2) is 9.58. The van der Waals surface area contributed by atoms with Crippen molar-refractivity contribution in [3.05, 3.63) is 58.7 Å². The molecule has 0 bridgehead atoms. The molecule has 1 fully saturated rings. The Hall–Kier alpha value is -2.58. The van der Waals surface area contributed by atoms with Crippen molar-refractivity contribution in [3.63, 3.8) is 0 Å². The molecule has 2 aliphatic heterocycles. The number of alkyl halides is 3. The predicted molar refractivity (Wildman–Crippen MR) is 123 cm³/mol. The molecule has 4 rings (SSSR count). The van der Waals surface area contributed by atoms with Gasteiger partial charge >= 0.3 is 6.18 Å². The number of ketones is 1. The zero-order valence-corrected chi connectivity index (χ0v) is 19.9. The van der Waals surface area contributed by atoms with Crippen LogP contribution in [0.2, 0.25) is 0 Å². The number of Topliss-reactive ketones (excluding diaryl/α,β-unsaturated/α-hetero) is 1. The number of piperidine rings is 1. The van der Waals surface area contributed by atoms with Gasteiger partial charge in [-0.05, 0) is 50.1 Å². The fourth-order valence-corrected chi connectivity index (χ4v) is 5.50. The summed E-state index contributed by atoms with van der Waals surface area (Å²) < 4.78 is 50.3. The summed E-state index contributed by atoms with van der Waals surface area (Å²) in [5, 5.41) is 0. The predicted octanol–water partition coefficient (Wildman–Crippen LogP) is 4.66. The highest BCUT2D eigenvalue weighted by molar-refractivity contribution is 5.92. The van der Waals surface area contributed by atoms with Gasteiger partial charge in [0.05, 0.1) is 19.8 Å². The van der Waals surface area contributed by atoms with Gasteiger partial charge in [0.1, 0.15) is 0 Å². The number of ether oxygens (including phenoxy) is 2. The van der Waals surface area contributed by atoms with Gasteiger partial charge < -0.3 is 9.47 Å². The van der Waals surface area contributed by atoms with Crippen LogP contribution >= 0.6 is 0 Å². The van der Waals surface area contributed by atoms with Gasteiger partial charge in [0, 0.05) is 37.2 Å². The number of halogens is 3. The van der Waals surface area contributed by atoms with Gasteiger partial charge in [0.15, 0.2) is 22.9 Å². The fourth-order valence-electron chi connectivity index (χ4n) is 5.50. The molecule has 5 nitrogen and oxygen atoms in total. The van der Waals surface area contributed by atoms with Crippen molar-refractivity contribution in [2.75, 3.05) is 40.9 Å². The lowest BCUT2D eigenvalue weighted by Crippen LogP contribution is -2.65. The minimum absolute atomic E-state index is 0.0345. The minimum atomic E-state index is -4.41. The van der Waals surface area contributed by atoms with Crippen LogP contribution in [0.5, 0.6) is 11.5 Å². The quantitative estimate of drug-likeness (QED) is 0.607. The van der Waals surface area contributed by atoms with Crippen LogP contribution in [0, 0.1) is 0 Å². The number of rotatable bonds is 6. The maximum atomic E-state index is 14.2. The number of nitrogens with zero attached hydrogens (tertiary/aromatic N) is 2. The van der Waals surface area contributed by atoms with Crippen LogP contribution in [-0.2, 0) is 29.5 Å². The third-order valence-corrected chi connectivity index (χ3v) is 7.12. The van der Waals surface area contributed by atoms with Gasteiger partial charge in [-0.3, -0.25) is 14.6 Å². The monoisotopic (exact) mass is 476 g/mol. The Morgan fingerprint density at radius 3 is 2.24 bits per heavy atom. The molecule has 34 heavy (non-hydrogen) atoms. The first-order valence-corrected chi connectivity index (χ1v) is 11.6. The Morgan fingerprint density at radius 1 is 0.971 bits per heavy atom. The molecular formula is C26H31F3N2O3. The van der Waals surface area contributed by atoms with Crippen molar-refractivity contribution in [1.29, 1.82) is 0 Å². The van der Waals surface area contributed by atoms with E-state index in [9.17, 15) is 18.0 Å². The average molecular weight is 477 g/mol.